The number of piperazine rings is 1. The molecule has 1 saturated carbocycles. The van der Waals surface area contributed by atoms with Crippen molar-refractivity contribution in [1.29, 1.82) is 5.41 Å². The van der Waals surface area contributed by atoms with Crippen LogP contribution in [-0.2, 0) is 4.74 Å². The van der Waals surface area contributed by atoms with Gasteiger partial charge in [0.1, 0.15) is 11.9 Å². The molecule has 0 aromatic carbocycles. The molecule has 4 nitrogen and oxygen atoms in total. The van der Waals surface area contributed by atoms with Crippen LogP contribution in [0, 0.1) is 11.3 Å². The lowest BCUT2D eigenvalue weighted by atomic mass is 10.2. The fourth-order valence-corrected chi connectivity index (χ4v) is 2.15. The number of rotatable bonds is 3. The van der Waals surface area contributed by atoms with E-state index in [4.69, 9.17) is 10.1 Å². The van der Waals surface area contributed by atoms with Crippen molar-refractivity contribution in [3.8, 4) is 0 Å². The van der Waals surface area contributed by atoms with Gasteiger partial charge in [0.05, 0.1) is 0 Å². The molecule has 1 heterocycles. The van der Waals surface area contributed by atoms with Crippen LogP contribution in [0.2, 0.25) is 0 Å². The van der Waals surface area contributed by atoms with E-state index in [0.717, 1.165) is 26.2 Å². The lowest BCUT2D eigenvalue weighted by Gasteiger charge is -2.36. The van der Waals surface area contributed by atoms with Crippen molar-refractivity contribution in [1.82, 2.24) is 9.80 Å². The lowest BCUT2D eigenvalue weighted by Crippen LogP contribution is -2.50. The van der Waals surface area contributed by atoms with Crippen LogP contribution < -0.4 is 0 Å². The Hall–Kier alpha value is -0.610. The number of amidine groups is 1. The maximum absolute atomic E-state index is 8.16. The van der Waals surface area contributed by atoms with Gasteiger partial charge in [0.15, 0.2) is 0 Å². The topological polar surface area (TPSA) is 39.6 Å². The molecule has 1 aliphatic heterocycles. The molecule has 2 rings (SSSR count). The zero-order valence-corrected chi connectivity index (χ0v) is 9.70. The quantitative estimate of drug-likeness (QED) is 0.550. The zero-order chi connectivity index (χ0) is 10.8. The highest BCUT2D eigenvalue weighted by atomic mass is 16.5. The van der Waals surface area contributed by atoms with E-state index in [1.165, 1.54) is 12.8 Å². The van der Waals surface area contributed by atoms with Crippen molar-refractivity contribution in [2.45, 2.75) is 18.9 Å². The van der Waals surface area contributed by atoms with Gasteiger partial charge in [-0.1, -0.05) is 0 Å². The van der Waals surface area contributed by atoms with Crippen LogP contribution in [0.4, 0.5) is 0 Å². The summed E-state index contributed by atoms with van der Waals surface area (Å²) in [6.45, 7) is 4.07. The first-order valence-electron chi connectivity index (χ1n) is 5.77. The van der Waals surface area contributed by atoms with Crippen LogP contribution in [0.25, 0.3) is 0 Å². The number of hydrogen-bond acceptors (Lipinski definition) is 3. The first kappa shape index (κ1) is 10.9. The van der Waals surface area contributed by atoms with E-state index in [-0.39, 0.29) is 6.10 Å². The van der Waals surface area contributed by atoms with Crippen LogP contribution in [-0.4, -0.2) is 62.1 Å². The minimum Gasteiger partial charge on any atom is -0.373 e. The maximum Gasteiger partial charge on any atom is 0.126 e. The molecule has 4 heteroatoms. The van der Waals surface area contributed by atoms with E-state index >= 15 is 0 Å². The second-order valence-electron chi connectivity index (χ2n) is 4.67. The van der Waals surface area contributed by atoms with Crippen LogP contribution >= 0.6 is 0 Å². The zero-order valence-electron chi connectivity index (χ0n) is 9.70. The number of ether oxygens (including phenoxy) is 1. The van der Waals surface area contributed by atoms with E-state index in [1.54, 1.807) is 7.11 Å². The van der Waals surface area contributed by atoms with Crippen molar-refractivity contribution in [3.05, 3.63) is 0 Å². The Bertz CT molecular complexity index is 232. The van der Waals surface area contributed by atoms with E-state index < -0.39 is 0 Å². The van der Waals surface area contributed by atoms with Crippen molar-refractivity contribution in [2.24, 2.45) is 5.92 Å². The van der Waals surface area contributed by atoms with Gasteiger partial charge in [-0.05, 0) is 25.8 Å². The summed E-state index contributed by atoms with van der Waals surface area (Å²) in [6.07, 6.45) is 2.51. The Labute approximate surface area is 91.7 Å². The van der Waals surface area contributed by atoms with E-state index in [9.17, 15) is 0 Å². The molecule has 2 fully saturated rings. The van der Waals surface area contributed by atoms with Gasteiger partial charge < -0.3 is 14.5 Å². The molecule has 1 unspecified atom stereocenters. The Balaban J connectivity index is 1.88. The van der Waals surface area contributed by atoms with Gasteiger partial charge in [-0.3, -0.25) is 5.41 Å². The SMILES string of the molecule is COC(C(=N)N1CCN(C)CC1)C1CC1. The predicted octanol–water partition coefficient (Wildman–Crippen LogP) is 0.636. The third-order valence-electron chi connectivity index (χ3n) is 3.42. The molecule has 15 heavy (non-hydrogen) atoms. The summed E-state index contributed by atoms with van der Waals surface area (Å²) in [5.41, 5.74) is 0. The average molecular weight is 211 g/mol. The van der Waals surface area contributed by atoms with Crippen molar-refractivity contribution < 1.29 is 4.74 Å². The molecule has 0 radical (unpaired) electrons. The molecule has 0 amide bonds. The van der Waals surface area contributed by atoms with Gasteiger partial charge in [0, 0.05) is 33.3 Å². The Morgan fingerprint density at radius 3 is 2.33 bits per heavy atom. The average Bonchev–Trinajstić information content (AvgIpc) is 3.04. The first-order valence-corrected chi connectivity index (χ1v) is 5.77. The summed E-state index contributed by atoms with van der Waals surface area (Å²) in [4.78, 5) is 4.48. The summed E-state index contributed by atoms with van der Waals surface area (Å²) in [5.74, 6) is 1.32. The highest BCUT2D eigenvalue weighted by Crippen LogP contribution is 2.35. The van der Waals surface area contributed by atoms with Crippen LogP contribution in [0.5, 0.6) is 0 Å². The van der Waals surface area contributed by atoms with Gasteiger partial charge in [-0.25, -0.2) is 0 Å². The highest BCUT2D eigenvalue weighted by molar-refractivity contribution is 5.84. The van der Waals surface area contributed by atoms with Gasteiger partial charge in [0.2, 0.25) is 0 Å². The molecule has 1 aliphatic carbocycles. The lowest BCUT2D eigenvalue weighted by molar-refractivity contribution is 0.116. The summed E-state index contributed by atoms with van der Waals surface area (Å²) in [6, 6.07) is 0. The van der Waals surface area contributed by atoms with E-state index in [0.29, 0.717) is 11.8 Å². The molecule has 0 bridgehead atoms. The second-order valence-corrected chi connectivity index (χ2v) is 4.67. The van der Waals surface area contributed by atoms with E-state index in [2.05, 4.69) is 16.8 Å². The summed E-state index contributed by atoms with van der Waals surface area (Å²) < 4.78 is 5.44. The number of methoxy groups -OCH3 is 1. The molecular formula is C11H21N3O. The third-order valence-corrected chi connectivity index (χ3v) is 3.42. The molecule has 0 spiro atoms. The second kappa shape index (κ2) is 4.49. The molecular weight excluding hydrogens is 190 g/mol. The summed E-state index contributed by atoms with van der Waals surface area (Å²) in [5, 5.41) is 8.16. The van der Waals surface area contributed by atoms with Crippen molar-refractivity contribution >= 4 is 5.84 Å². The Kier molecular flexibility index (Phi) is 3.26. The molecule has 1 N–H and O–H groups in total. The van der Waals surface area contributed by atoms with Gasteiger partial charge in [-0.2, -0.15) is 0 Å². The van der Waals surface area contributed by atoms with Gasteiger partial charge in [0.25, 0.3) is 0 Å². The minimum absolute atomic E-state index is 0.0495. The minimum atomic E-state index is 0.0495. The number of hydrogen-bond donors (Lipinski definition) is 1. The van der Waals surface area contributed by atoms with Crippen molar-refractivity contribution in [2.75, 3.05) is 40.3 Å². The number of nitrogens with one attached hydrogen (secondary N) is 1. The Morgan fingerprint density at radius 1 is 1.27 bits per heavy atom. The normalized spacial score (nSPS) is 25.3. The molecule has 86 valence electrons. The predicted molar refractivity (Wildman–Crippen MR) is 60.3 cm³/mol. The molecule has 0 aromatic heterocycles. The van der Waals surface area contributed by atoms with Crippen LogP contribution in [0.1, 0.15) is 12.8 Å². The van der Waals surface area contributed by atoms with Gasteiger partial charge in [-0.15, -0.1) is 0 Å². The van der Waals surface area contributed by atoms with Crippen molar-refractivity contribution in [3.63, 3.8) is 0 Å². The number of likely N-dealkylation sites (N-methyl/N-ethyl adjacent to an activating group) is 1. The van der Waals surface area contributed by atoms with Crippen LogP contribution in [0.15, 0.2) is 0 Å². The molecule has 0 aromatic rings. The number of nitrogens with zero attached hydrogens (tertiary/aromatic N) is 2. The molecule has 1 saturated heterocycles. The smallest absolute Gasteiger partial charge is 0.126 e. The highest BCUT2D eigenvalue weighted by Gasteiger charge is 2.36. The monoisotopic (exact) mass is 211 g/mol. The summed E-state index contributed by atoms with van der Waals surface area (Å²) in [7, 11) is 3.86. The largest absolute Gasteiger partial charge is 0.373 e. The fourth-order valence-electron chi connectivity index (χ4n) is 2.15. The van der Waals surface area contributed by atoms with E-state index in [1.807, 2.05) is 0 Å². The van der Waals surface area contributed by atoms with Crippen LogP contribution in [0.3, 0.4) is 0 Å². The molecule has 2 aliphatic rings. The standard InChI is InChI=1S/C11H21N3O/c1-13-5-7-14(8-6-13)11(12)10(15-2)9-3-4-9/h9-10,12H,3-8H2,1-2H3. The molecule has 1 atom stereocenters. The third kappa shape index (κ3) is 2.49. The van der Waals surface area contributed by atoms with Gasteiger partial charge >= 0.3 is 0 Å². The fraction of sp³-hybridized carbons (Fsp3) is 0.909. The Morgan fingerprint density at radius 2 is 1.87 bits per heavy atom. The first-order chi connectivity index (χ1) is 7.22. The maximum atomic E-state index is 8.16. The summed E-state index contributed by atoms with van der Waals surface area (Å²) >= 11 is 0.